The molecular formula is C13H23N3O3S. The summed E-state index contributed by atoms with van der Waals surface area (Å²) in [5.41, 5.74) is 6.42. The van der Waals surface area contributed by atoms with Gasteiger partial charge in [-0.1, -0.05) is 13.8 Å². The van der Waals surface area contributed by atoms with Crippen molar-refractivity contribution in [3.8, 4) is 0 Å². The lowest BCUT2D eigenvalue weighted by molar-refractivity contribution is 0.126. The topological polar surface area (TPSA) is 107 Å². The first-order valence-electron chi connectivity index (χ1n) is 6.52. The molecule has 6 nitrogen and oxygen atoms in total. The first-order valence-corrected chi connectivity index (χ1v) is 8.07. The Kier molecular flexibility index (Phi) is 5.79. The number of anilines is 2. The Hall–Kier alpha value is -1.31. The van der Waals surface area contributed by atoms with Crippen molar-refractivity contribution in [1.29, 1.82) is 0 Å². The van der Waals surface area contributed by atoms with Gasteiger partial charge < -0.3 is 15.8 Å². The van der Waals surface area contributed by atoms with Gasteiger partial charge >= 0.3 is 0 Å². The molecule has 0 amide bonds. The van der Waals surface area contributed by atoms with E-state index in [0.29, 0.717) is 24.6 Å². The number of benzene rings is 1. The molecule has 20 heavy (non-hydrogen) atoms. The van der Waals surface area contributed by atoms with Crippen molar-refractivity contribution in [2.75, 3.05) is 24.3 Å². The van der Waals surface area contributed by atoms with Crippen molar-refractivity contribution in [3.63, 3.8) is 0 Å². The van der Waals surface area contributed by atoms with Crippen LogP contribution < -0.4 is 16.2 Å². The van der Waals surface area contributed by atoms with Crippen LogP contribution in [0.15, 0.2) is 23.1 Å². The number of nitrogens with one attached hydrogen (secondary N) is 1. The zero-order valence-electron chi connectivity index (χ0n) is 12.1. The molecule has 1 aromatic rings. The fourth-order valence-electron chi connectivity index (χ4n) is 1.74. The zero-order valence-corrected chi connectivity index (χ0v) is 12.9. The van der Waals surface area contributed by atoms with E-state index in [0.717, 1.165) is 0 Å². The third-order valence-corrected chi connectivity index (χ3v) is 3.91. The molecule has 114 valence electrons. The van der Waals surface area contributed by atoms with E-state index >= 15 is 0 Å². The fraction of sp³-hybridized carbons (Fsp3) is 0.538. The molecular weight excluding hydrogens is 278 g/mol. The normalized spacial score (nSPS) is 13.4. The SMILES string of the molecule is CCOCC(Nc1ccc(N)cc1S(N)(=O)=O)C(C)C. The molecule has 0 fully saturated rings. The Morgan fingerprint density at radius 3 is 2.50 bits per heavy atom. The summed E-state index contributed by atoms with van der Waals surface area (Å²) in [4.78, 5) is -0.000325. The predicted molar refractivity (Wildman–Crippen MR) is 81.0 cm³/mol. The van der Waals surface area contributed by atoms with Crippen LogP contribution in [0.4, 0.5) is 11.4 Å². The summed E-state index contributed by atoms with van der Waals surface area (Å²) in [6.45, 7) is 7.07. The Labute approximate surface area is 120 Å². The van der Waals surface area contributed by atoms with Crippen LogP contribution in [0, 0.1) is 5.92 Å². The van der Waals surface area contributed by atoms with Gasteiger partial charge in [-0.3, -0.25) is 0 Å². The van der Waals surface area contributed by atoms with Gasteiger partial charge in [-0.15, -0.1) is 0 Å². The van der Waals surface area contributed by atoms with E-state index in [1.807, 2.05) is 20.8 Å². The van der Waals surface area contributed by atoms with Crippen LogP contribution >= 0.6 is 0 Å². The van der Waals surface area contributed by atoms with Gasteiger partial charge in [0.25, 0.3) is 0 Å². The Morgan fingerprint density at radius 2 is 2.00 bits per heavy atom. The lowest BCUT2D eigenvalue weighted by atomic mass is 10.0. The molecule has 0 aliphatic rings. The smallest absolute Gasteiger partial charge is 0.240 e. The van der Waals surface area contributed by atoms with Crippen molar-refractivity contribution in [1.82, 2.24) is 0 Å². The standard InChI is InChI=1S/C13H23N3O3S/c1-4-19-8-12(9(2)3)16-11-6-5-10(14)7-13(11)20(15,17)18/h5-7,9,12,16H,4,8,14H2,1-3H3,(H2,15,17,18). The van der Waals surface area contributed by atoms with E-state index in [1.54, 1.807) is 12.1 Å². The number of primary sulfonamides is 1. The van der Waals surface area contributed by atoms with E-state index < -0.39 is 10.0 Å². The number of hydrogen-bond donors (Lipinski definition) is 3. The van der Waals surface area contributed by atoms with Gasteiger partial charge in [0.15, 0.2) is 0 Å². The summed E-state index contributed by atoms with van der Waals surface area (Å²) in [7, 11) is -3.83. The lowest BCUT2D eigenvalue weighted by Crippen LogP contribution is -2.32. The van der Waals surface area contributed by atoms with E-state index in [2.05, 4.69) is 5.32 Å². The van der Waals surface area contributed by atoms with E-state index in [4.69, 9.17) is 15.6 Å². The van der Waals surface area contributed by atoms with Crippen molar-refractivity contribution in [2.45, 2.75) is 31.7 Å². The zero-order chi connectivity index (χ0) is 15.3. The summed E-state index contributed by atoms with van der Waals surface area (Å²) in [6.07, 6.45) is 0. The fourth-order valence-corrected chi connectivity index (χ4v) is 2.47. The van der Waals surface area contributed by atoms with Gasteiger partial charge in [-0.05, 0) is 31.0 Å². The Morgan fingerprint density at radius 1 is 1.35 bits per heavy atom. The van der Waals surface area contributed by atoms with Gasteiger partial charge in [0.1, 0.15) is 4.90 Å². The highest BCUT2D eigenvalue weighted by Gasteiger charge is 2.19. The maximum Gasteiger partial charge on any atom is 0.240 e. The minimum Gasteiger partial charge on any atom is -0.399 e. The summed E-state index contributed by atoms with van der Waals surface area (Å²) in [6, 6.07) is 4.60. The monoisotopic (exact) mass is 301 g/mol. The molecule has 1 aromatic carbocycles. The minimum atomic E-state index is -3.83. The highest BCUT2D eigenvalue weighted by Crippen LogP contribution is 2.24. The van der Waals surface area contributed by atoms with Gasteiger partial charge in [0, 0.05) is 12.3 Å². The van der Waals surface area contributed by atoms with Crippen LogP contribution in [0.1, 0.15) is 20.8 Å². The second kappa shape index (κ2) is 6.92. The maximum absolute atomic E-state index is 11.6. The number of ether oxygens (including phenoxy) is 1. The molecule has 1 atom stereocenters. The van der Waals surface area contributed by atoms with Crippen LogP contribution in [-0.2, 0) is 14.8 Å². The quantitative estimate of drug-likeness (QED) is 0.660. The number of nitrogen functional groups attached to an aromatic ring is 1. The second-order valence-corrected chi connectivity index (χ2v) is 6.48. The van der Waals surface area contributed by atoms with E-state index in [1.165, 1.54) is 6.07 Å². The highest BCUT2D eigenvalue weighted by atomic mass is 32.2. The first-order chi connectivity index (χ1) is 9.25. The van der Waals surface area contributed by atoms with Gasteiger partial charge in [0.05, 0.1) is 18.3 Å². The maximum atomic E-state index is 11.6. The van der Waals surface area contributed by atoms with Crippen molar-refractivity contribution in [3.05, 3.63) is 18.2 Å². The van der Waals surface area contributed by atoms with Gasteiger partial charge in [0.2, 0.25) is 10.0 Å². The molecule has 0 aliphatic carbocycles. The van der Waals surface area contributed by atoms with Crippen molar-refractivity contribution < 1.29 is 13.2 Å². The Bertz CT molecular complexity index is 544. The minimum absolute atomic E-state index is 0.000325. The van der Waals surface area contributed by atoms with E-state index in [-0.39, 0.29) is 16.9 Å². The number of nitrogens with two attached hydrogens (primary N) is 2. The van der Waals surface area contributed by atoms with Crippen LogP contribution in [-0.4, -0.2) is 27.7 Å². The number of sulfonamides is 1. The molecule has 0 aromatic heterocycles. The molecule has 1 rings (SSSR count). The summed E-state index contributed by atoms with van der Waals surface area (Å²) < 4.78 is 28.7. The molecule has 0 saturated carbocycles. The molecule has 0 heterocycles. The summed E-state index contributed by atoms with van der Waals surface area (Å²) >= 11 is 0. The molecule has 1 unspecified atom stereocenters. The second-order valence-electron chi connectivity index (χ2n) is 4.95. The number of rotatable bonds is 7. The highest BCUT2D eigenvalue weighted by molar-refractivity contribution is 7.89. The molecule has 0 bridgehead atoms. The largest absolute Gasteiger partial charge is 0.399 e. The molecule has 7 heteroatoms. The molecule has 0 saturated heterocycles. The third kappa shape index (κ3) is 4.66. The summed E-state index contributed by atoms with van der Waals surface area (Å²) in [5, 5.41) is 8.40. The van der Waals surface area contributed by atoms with Crippen LogP contribution in [0.3, 0.4) is 0 Å². The average molecular weight is 301 g/mol. The van der Waals surface area contributed by atoms with Crippen molar-refractivity contribution in [2.24, 2.45) is 11.1 Å². The molecule has 0 radical (unpaired) electrons. The van der Waals surface area contributed by atoms with Crippen LogP contribution in [0.5, 0.6) is 0 Å². The number of hydrogen-bond acceptors (Lipinski definition) is 5. The lowest BCUT2D eigenvalue weighted by Gasteiger charge is -2.24. The molecule has 0 aliphatic heterocycles. The first kappa shape index (κ1) is 16.7. The van der Waals surface area contributed by atoms with Gasteiger partial charge in [-0.25, -0.2) is 13.6 Å². The average Bonchev–Trinajstić information content (AvgIpc) is 2.34. The third-order valence-electron chi connectivity index (χ3n) is 2.96. The molecule has 0 spiro atoms. The van der Waals surface area contributed by atoms with E-state index in [9.17, 15) is 8.42 Å². The molecule has 5 N–H and O–H groups in total. The predicted octanol–water partition coefficient (Wildman–Crippen LogP) is 1.39. The van der Waals surface area contributed by atoms with Crippen molar-refractivity contribution >= 4 is 21.4 Å². The Balaban J connectivity index is 3.06. The summed E-state index contributed by atoms with van der Waals surface area (Å²) in [5.74, 6) is 0.271. The van der Waals surface area contributed by atoms with Crippen LogP contribution in [0.25, 0.3) is 0 Å². The van der Waals surface area contributed by atoms with Gasteiger partial charge in [-0.2, -0.15) is 0 Å². The van der Waals surface area contributed by atoms with Crippen LogP contribution in [0.2, 0.25) is 0 Å².